The Labute approximate surface area is 187 Å². The summed E-state index contributed by atoms with van der Waals surface area (Å²) in [7, 11) is 1.60. The molecule has 2 N–H and O–H groups in total. The molecule has 1 aromatic carbocycles. The number of methoxy groups -OCH3 is 1. The number of nitrogens with one attached hydrogen (secondary N) is 1. The predicted octanol–water partition coefficient (Wildman–Crippen LogP) is 2.40. The minimum atomic E-state index is -0.489. The van der Waals surface area contributed by atoms with E-state index in [-0.39, 0.29) is 12.5 Å². The largest absolute Gasteiger partial charge is 0.481 e. The van der Waals surface area contributed by atoms with Crippen LogP contribution in [-0.2, 0) is 17.8 Å². The van der Waals surface area contributed by atoms with Crippen molar-refractivity contribution in [3.63, 3.8) is 0 Å². The number of carbonyl (C=O) groups excluding carboxylic acids is 1. The number of nitrogens with zero attached hydrogens (tertiary/aromatic N) is 3. The number of aliphatic hydroxyl groups excluding tert-OH is 1. The number of amides is 1. The zero-order chi connectivity index (χ0) is 22.3. The molecule has 32 heavy (non-hydrogen) atoms. The van der Waals surface area contributed by atoms with Gasteiger partial charge in [0.25, 0.3) is 0 Å². The second-order valence-electron chi connectivity index (χ2n) is 7.97. The van der Waals surface area contributed by atoms with Crippen LogP contribution >= 0.6 is 0 Å². The fourth-order valence-electron chi connectivity index (χ4n) is 3.97. The summed E-state index contributed by atoms with van der Waals surface area (Å²) in [4.78, 5) is 23.1. The predicted molar refractivity (Wildman–Crippen MR) is 120 cm³/mol. The van der Waals surface area contributed by atoms with E-state index in [1.54, 1.807) is 19.4 Å². The van der Waals surface area contributed by atoms with Crippen molar-refractivity contribution in [1.29, 1.82) is 0 Å². The Hall–Kier alpha value is -3.23. The molecule has 0 spiro atoms. The molecule has 0 unspecified atom stereocenters. The average molecular weight is 437 g/mol. The summed E-state index contributed by atoms with van der Waals surface area (Å²) in [6.45, 7) is 2.67. The summed E-state index contributed by atoms with van der Waals surface area (Å²) < 4.78 is 10.5. The van der Waals surface area contributed by atoms with Crippen molar-refractivity contribution in [1.82, 2.24) is 20.2 Å². The van der Waals surface area contributed by atoms with Crippen molar-refractivity contribution in [2.45, 2.75) is 19.1 Å². The third kappa shape index (κ3) is 5.52. The van der Waals surface area contributed by atoms with E-state index in [4.69, 9.17) is 9.47 Å². The maximum absolute atomic E-state index is 12.0. The summed E-state index contributed by atoms with van der Waals surface area (Å²) in [5, 5.41) is 13.2. The maximum atomic E-state index is 12.0. The SMILES string of the molecule is COc1ccc2nccc(CCN3C[C@H](CNC(=O)OCc4ccccc4)[C@H](O)C3)c2n1. The number of β-amino-alcohol motifs (C(OH)–C–C–N with tert-alkyl or cyclic N) is 1. The van der Waals surface area contributed by atoms with E-state index < -0.39 is 12.2 Å². The van der Waals surface area contributed by atoms with Crippen LogP contribution in [0, 0.1) is 5.92 Å². The highest BCUT2D eigenvalue weighted by molar-refractivity contribution is 5.78. The van der Waals surface area contributed by atoms with Crippen LogP contribution in [0.15, 0.2) is 54.7 Å². The molecular formula is C24H28N4O4. The molecule has 1 saturated heterocycles. The number of aromatic nitrogens is 2. The van der Waals surface area contributed by atoms with Crippen LogP contribution in [0.25, 0.3) is 11.0 Å². The molecule has 1 amide bonds. The number of rotatable bonds is 8. The molecule has 1 fully saturated rings. The van der Waals surface area contributed by atoms with E-state index in [1.807, 2.05) is 42.5 Å². The molecule has 168 valence electrons. The summed E-state index contributed by atoms with van der Waals surface area (Å²) in [5.41, 5.74) is 3.70. The van der Waals surface area contributed by atoms with Crippen LogP contribution in [0.1, 0.15) is 11.1 Å². The molecule has 0 aliphatic carbocycles. The minimum absolute atomic E-state index is 0.0355. The summed E-state index contributed by atoms with van der Waals surface area (Å²) in [6.07, 6.45) is 1.61. The van der Waals surface area contributed by atoms with Crippen LogP contribution in [0.2, 0.25) is 0 Å². The van der Waals surface area contributed by atoms with E-state index in [2.05, 4.69) is 20.2 Å². The Balaban J connectivity index is 1.25. The standard InChI is InChI=1S/C24H28N4O4/c1-31-22-8-7-20-23(27-22)18(9-11-25-20)10-12-28-14-19(21(29)15-28)13-26-24(30)32-16-17-5-3-2-4-6-17/h2-9,11,19,21,29H,10,12-16H2,1H3,(H,26,30)/t19-,21+/m0/s1. The maximum Gasteiger partial charge on any atom is 0.407 e. The van der Waals surface area contributed by atoms with Gasteiger partial charge in [0.05, 0.1) is 24.2 Å². The summed E-state index contributed by atoms with van der Waals surface area (Å²) >= 11 is 0. The Kier molecular flexibility index (Phi) is 7.14. The lowest BCUT2D eigenvalue weighted by Crippen LogP contribution is -2.34. The molecule has 8 nitrogen and oxygen atoms in total. The van der Waals surface area contributed by atoms with Crippen molar-refractivity contribution in [2.75, 3.05) is 33.3 Å². The number of alkyl carbamates (subject to hydrolysis) is 1. The number of pyridine rings is 2. The quantitative estimate of drug-likeness (QED) is 0.560. The topological polar surface area (TPSA) is 96.8 Å². The van der Waals surface area contributed by atoms with Gasteiger partial charge >= 0.3 is 6.09 Å². The first kappa shape index (κ1) is 22.0. The van der Waals surface area contributed by atoms with Crippen LogP contribution in [0.3, 0.4) is 0 Å². The van der Waals surface area contributed by atoms with Gasteiger partial charge in [-0.2, -0.15) is 0 Å². The lowest BCUT2D eigenvalue weighted by atomic mass is 10.1. The number of benzene rings is 1. The van der Waals surface area contributed by atoms with Gasteiger partial charge in [0.15, 0.2) is 0 Å². The zero-order valence-electron chi connectivity index (χ0n) is 18.1. The van der Waals surface area contributed by atoms with Gasteiger partial charge in [-0.1, -0.05) is 30.3 Å². The molecule has 2 aromatic heterocycles. The van der Waals surface area contributed by atoms with E-state index >= 15 is 0 Å². The smallest absolute Gasteiger partial charge is 0.407 e. The van der Waals surface area contributed by atoms with Crippen molar-refractivity contribution >= 4 is 17.1 Å². The minimum Gasteiger partial charge on any atom is -0.481 e. The number of fused-ring (bicyclic) bond motifs is 1. The Bertz CT molecular complexity index is 1050. The monoisotopic (exact) mass is 436 g/mol. The van der Waals surface area contributed by atoms with Gasteiger partial charge in [0, 0.05) is 44.4 Å². The van der Waals surface area contributed by atoms with Gasteiger partial charge in [-0.05, 0) is 29.7 Å². The van der Waals surface area contributed by atoms with Crippen molar-refractivity contribution in [3.05, 3.63) is 65.9 Å². The second-order valence-corrected chi connectivity index (χ2v) is 7.97. The van der Waals surface area contributed by atoms with Gasteiger partial charge in [0.1, 0.15) is 6.61 Å². The van der Waals surface area contributed by atoms with E-state index in [0.29, 0.717) is 25.5 Å². The van der Waals surface area contributed by atoms with Crippen molar-refractivity contribution < 1.29 is 19.4 Å². The van der Waals surface area contributed by atoms with Gasteiger partial charge in [0.2, 0.25) is 5.88 Å². The number of hydrogen-bond donors (Lipinski definition) is 2. The molecular weight excluding hydrogens is 408 g/mol. The van der Waals surface area contributed by atoms with Gasteiger partial charge in [-0.3, -0.25) is 9.88 Å². The summed E-state index contributed by atoms with van der Waals surface area (Å²) in [6, 6.07) is 15.2. The third-order valence-corrected chi connectivity index (χ3v) is 5.75. The number of likely N-dealkylation sites (tertiary alicyclic amines) is 1. The second kappa shape index (κ2) is 10.4. The molecule has 0 radical (unpaired) electrons. The fraction of sp³-hybridized carbons (Fsp3) is 0.375. The van der Waals surface area contributed by atoms with E-state index in [0.717, 1.165) is 35.1 Å². The first-order chi connectivity index (χ1) is 15.6. The molecule has 0 bridgehead atoms. The lowest BCUT2D eigenvalue weighted by Gasteiger charge is -2.16. The molecule has 0 saturated carbocycles. The molecule has 1 aliphatic heterocycles. The van der Waals surface area contributed by atoms with Crippen LogP contribution in [0.4, 0.5) is 4.79 Å². The van der Waals surface area contributed by atoms with Crippen molar-refractivity contribution in [2.24, 2.45) is 5.92 Å². The highest BCUT2D eigenvalue weighted by Gasteiger charge is 2.31. The normalized spacial score (nSPS) is 18.6. The Morgan fingerprint density at radius 3 is 2.84 bits per heavy atom. The number of aliphatic hydroxyl groups is 1. The van der Waals surface area contributed by atoms with E-state index in [1.165, 1.54) is 0 Å². The first-order valence-corrected chi connectivity index (χ1v) is 10.8. The Morgan fingerprint density at radius 1 is 1.19 bits per heavy atom. The zero-order valence-corrected chi connectivity index (χ0v) is 18.1. The molecule has 3 aromatic rings. The Morgan fingerprint density at radius 2 is 2.03 bits per heavy atom. The molecule has 3 heterocycles. The van der Waals surface area contributed by atoms with Gasteiger partial charge < -0.3 is 19.9 Å². The molecule has 1 aliphatic rings. The number of carbonyl (C=O) groups is 1. The van der Waals surface area contributed by atoms with Crippen LogP contribution in [0.5, 0.6) is 5.88 Å². The highest BCUT2D eigenvalue weighted by Crippen LogP contribution is 2.21. The first-order valence-electron chi connectivity index (χ1n) is 10.8. The fourth-order valence-corrected chi connectivity index (χ4v) is 3.97. The van der Waals surface area contributed by atoms with Crippen molar-refractivity contribution in [3.8, 4) is 5.88 Å². The molecule has 4 rings (SSSR count). The number of ether oxygens (including phenoxy) is 2. The van der Waals surface area contributed by atoms with Crippen LogP contribution in [-0.4, -0.2) is 65.5 Å². The number of hydrogen-bond acceptors (Lipinski definition) is 7. The molecule has 8 heteroatoms. The van der Waals surface area contributed by atoms with E-state index in [9.17, 15) is 9.90 Å². The highest BCUT2D eigenvalue weighted by atomic mass is 16.5. The average Bonchev–Trinajstić information content (AvgIpc) is 3.19. The van der Waals surface area contributed by atoms with Gasteiger partial charge in [-0.25, -0.2) is 9.78 Å². The summed E-state index contributed by atoms with van der Waals surface area (Å²) in [5.74, 6) is 0.528. The van der Waals surface area contributed by atoms with Crippen LogP contribution < -0.4 is 10.1 Å². The third-order valence-electron chi connectivity index (χ3n) is 5.75. The molecule has 2 atom stereocenters. The van der Waals surface area contributed by atoms with Gasteiger partial charge in [-0.15, -0.1) is 0 Å². The lowest BCUT2D eigenvalue weighted by molar-refractivity contribution is 0.124.